The lowest BCUT2D eigenvalue weighted by atomic mass is 10.0. The molecule has 0 N–H and O–H groups in total. The molecule has 1 aliphatic heterocycles. The van der Waals surface area contributed by atoms with E-state index in [-0.39, 0.29) is 11.6 Å². The topological polar surface area (TPSA) is 12.5 Å². The number of benzene rings is 2. The standard InChI is InChI=1S/C21H21F4NO/c22-16-5-1-4-15(9-16)11-26-12-19-18(20(19)13-26)8-7-14-3-2-6-17(10-14)27-21(23,24)25/h1-6,9-10,18-20H,7-8,11-13H2. The molecule has 0 radical (unpaired) electrons. The Morgan fingerprint density at radius 1 is 0.963 bits per heavy atom. The number of aryl methyl sites for hydroxylation is 1. The van der Waals surface area contributed by atoms with Gasteiger partial charge in [-0.25, -0.2) is 4.39 Å². The summed E-state index contributed by atoms with van der Waals surface area (Å²) < 4.78 is 54.2. The second kappa shape index (κ2) is 7.15. The molecule has 144 valence electrons. The Labute approximate surface area is 155 Å². The minimum atomic E-state index is -4.66. The molecule has 0 bridgehead atoms. The number of ether oxygens (including phenoxy) is 1. The van der Waals surface area contributed by atoms with Crippen LogP contribution in [-0.4, -0.2) is 24.4 Å². The summed E-state index contributed by atoms with van der Waals surface area (Å²) in [6.07, 6.45) is -2.91. The van der Waals surface area contributed by atoms with E-state index < -0.39 is 6.36 Å². The van der Waals surface area contributed by atoms with Gasteiger partial charge in [0, 0.05) is 19.6 Å². The molecule has 2 aliphatic rings. The smallest absolute Gasteiger partial charge is 0.406 e. The lowest BCUT2D eigenvalue weighted by molar-refractivity contribution is -0.274. The average Bonchev–Trinajstić information content (AvgIpc) is 3.03. The molecule has 0 amide bonds. The van der Waals surface area contributed by atoms with E-state index in [1.54, 1.807) is 18.2 Å². The minimum absolute atomic E-state index is 0.155. The van der Waals surface area contributed by atoms with Gasteiger partial charge in [-0.15, -0.1) is 13.2 Å². The molecule has 2 aromatic rings. The lowest BCUT2D eigenvalue weighted by Crippen LogP contribution is -2.24. The summed E-state index contributed by atoms with van der Waals surface area (Å²) in [7, 11) is 0. The number of hydrogen-bond acceptors (Lipinski definition) is 2. The van der Waals surface area contributed by atoms with Crippen LogP contribution in [0, 0.1) is 23.6 Å². The Bertz CT molecular complexity index is 795. The van der Waals surface area contributed by atoms with E-state index in [1.807, 2.05) is 12.1 Å². The van der Waals surface area contributed by atoms with Crippen molar-refractivity contribution < 1.29 is 22.3 Å². The van der Waals surface area contributed by atoms with Crippen LogP contribution in [0.4, 0.5) is 17.6 Å². The predicted molar refractivity (Wildman–Crippen MR) is 93.6 cm³/mol. The summed E-state index contributed by atoms with van der Waals surface area (Å²) in [6.45, 7) is 2.81. The van der Waals surface area contributed by atoms with Crippen LogP contribution in [0.1, 0.15) is 17.5 Å². The van der Waals surface area contributed by atoms with Gasteiger partial charge in [0.15, 0.2) is 0 Å². The third kappa shape index (κ3) is 4.61. The largest absolute Gasteiger partial charge is 0.573 e. The molecule has 2 atom stereocenters. The number of hydrogen-bond donors (Lipinski definition) is 0. The normalized spacial score (nSPS) is 24.7. The van der Waals surface area contributed by atoms with Crippen molar-refractivity contribution in [1.29, 1.82) is 0 Å². The van der Waals surface area contributed by atoms with Crippen LogP contribution in [0.2, 0.25) is 0 Å². The summed E-state index contributed by atoms with van der Waals surface area (Å²) in [5.74, 6) is 1.60. The van der Waals surface area contributed by atoms with Crippen molar-refractivity contribution in [3.63, 3.8) is 0 Å². The van der Waals surface area contributed by atoms with Crippen molar-refractivity contribution in [2.24, 2.45) is 17.8 Å². The number of alkyl halides is 3. The summed E-state index contributed by atoms with van der Waals surface area (Å²) >= 11 is 0. The maximum atomic E-state index is 13.3. The minimum Gasteiger partial charge on any atom is -0.406 e. The highest BCUT2D eigenvalue weighted by atomic mass is 19.4. The van der Waals surface area contributed by atoms with Crippen molar-refractivity contribution in [2.75, 3.05) is 13.1 Å². The third-order valence-corrected chi connectivity index (χ3v) is 5.64. The van der Waals surface area contributed by atoms with Crippen LogP contribution in [0.15, 0.2) is 48.5 Å². The number of fused-ring (bicyclic) bond motifs is 1. The third-order valence-electron chi connectivity index (χ3n) is 5.64. The van der Waals surface area contributed by atoms with Crippen LogP contribution in [0.25, 0.3) is 0 Å². The molecule has 2 aromatic carbocycles. The zero-order chi connectivity index (χ0) is 19.0. The highest BCUT2D eigenvalue weighted by Gasteiger charge is 2.54. The highest BCUT2D eigenvalue weighted by molar-refractivity contribution is 5.29. The predicted octanol–water partition coefficient (Wildman–Crippen LogP) is 5.03. The average molecular weight is 379 g/mol. The molecule has 2 nitrogen and oxygen atoms in total. The maximum Gasteiger partial charge on any atom is 0.573 e. The van der Waals surface area contributed by atoms with E-state index in [9.17, 15) is 17.6 Å². The first-order chi connectivity index (χ1) is 12.9. The fourth-order valence-corrected chi connectivity index (χ4v) is 4.42. The van der Waals surface area contributed by atoms with Crippen LogP contribution < -0.4 is 4.74 Å². The molecule has 27 heavy (non-hydrogen) atoms. The lowest BCUT2D eigenvalue weighted by Gasteiger charge is -2.19. The van der Waals surface area contributed by atoms with Crippen LogP contribution in [-0.2, 0) is 13.0 Å². The molecular weight excluding hydrogens is 358 g/mol. The molecule has 1 heterocycles. The Hall–Kier alpha value is -2.08. The van der Waals surface area contributed by atoms with Gasteiger partial charge in [0.05, 0.1) is 0 Å². The Morgan fingerprint density at radius 2 is 1.67 bits per heavy atom. The number of halogens is 4. The zero-order valence-electron chi connectivity index (χ0n) is 14.8. The van der Waals surface area contributed by atoms with Gasteiger partial charge in [-0.2, -0.15) is 0 Å². The monoisotopic (exact) mass is 379 g/mol. The van der Waals surface area contributed by atoms with Gasteiger partial charge in [-0.1, -0.05) is 24.3 Å². The van der Waals surface area contributed by atoms with Gasteiger partial charge >= 0.3 is 6.36 Å². The van der Waals surface area contributed by atoms with Crippen molar-refractivity contribution in [3.8, 4) is 5.75 Å². The molecule has 2 unspecified atom stereocenters. The maximum absolute atomic E-state index is 13.3. The molecule has 4 rings (SSSR count). The second-order valence-electron chi connectivity index (χ2n) is 7.55. The summed E-state index contributed by atoms with van der Waals surface area (Å²) in [5, 5.41) is 0. The summed E-state index contributed by atoms with van der Waals surface area (Å²) in [6, 6.07) is 13.0. The second-order valence-corrected chi connectivity index (χ2v) is 7.55. The summed E-state index contributed by atoms with van der Waals surface area (Å²) in [5.41, 5.74) is 1.87. The van der Waals surface area contributed by atoms with E-state index in [2.05, 4.69) is 9.64 Å². The number of rotatable bonds is 6. The summed E-state index contributed by atoms with van der Waals surface area (Å²) in [4.78, 5) is 2.36. The van der Waals surface area contributed by atoms with E-state index in [0.717, 1.165) is 43.6 Å². The first kappa shape index (κ1) is 18.3. The van der Waals surface area contributed by atoms with Crippen LogP contribution >= 0.6 is 0 Å². The van der Waals surface area contributed by atoms with E-state index in [1.165, 1.54) is 18.2 Å². The molecule has 0 aromatic heterocycles. The van der Waals surface area contributed by atoms with Crippen molar-refractivity contribution in [1.82, 2.24) is 4.90 Å². The quantitative estimate of drug-likeness (QED) is 0.653. The SMILES string of the molecule is Fc1cccc(CN2CC3C(CCc4cccc(OC(F)(F)F)c4)C3C2)c1. The van der Waals surface area contributed by atoms with E-state index in [0.29, 0.717) is 17.8 Å². The van der Waals surface area contributed by atoms with E-state index >= 15 is 0 Å². The van der Waals surface area contributed by atoms with Crippen molar-refractivity contribution >= 4 is 0 Å². The molecule has 1 saturated carbocycles. The molecular formula is C21H21F4NO. The van der Waals surface area contributed by atoms with Gasteiger partial charge in [0.2, 0.25) is 0 Å². The first-order valence-corrected chi connectivity index (χ1v) is 9.19. The number of nitrogens with zero attached hydrogens (tertiary/aromatic N) is 1. The fraction of sp³-hybridized carbons (Fsp3) is 0.429. The first-order valence-electron chi connectivity index (χ1n) is 9.19. The highest BCUT2D eigenvalue weighted by Crippen LogP contribution is 2.54. The molecule has 1 aliphatic carbocycles. The van der Waals surface area contributed by atoms with Gasteiger partial charge in [-0.3, -0.25) is 4.90 Å². The van der Waals surface area contributed by atoms with Crippen LogP contribution in [0.5, 0.6) is 5.75 Å². The molecule has 6 heteroatoms. The number of likely N-dealkylation sites (tertiary alicyclic amines) is 1. The van der Waals surface area contributed by atoms with Gasteiger partial charge < -0.3 is 4.74 Å². The fourth-order valence-electron chi connectivity index (χ4n) is 4.42. The van der Waals surface area contributed by atoms with Gasteiger partial charge in [-0.05, 0) is 66.0 Å². The number of piperidine rings is 1. The Balaban J connectivity index is 1.24. The van der Waals surface area contributed by atoms with Gasteiger partial charge in [0.1, 0.15) is 11.6 Å². The molecule has 2 fully saturated rings. The molecule has 0 spiro atoms. The van der Waals surface area contributed by atoms with Crippen molar-refractivity contribution in [3.05, 3.63) is 65.5 Å². The Kier molecular flexibility index (Phi) is 4.84. The van der Waals surface area contributed by atoms with Crippen molar-refractivity contribution in [2.45, 2.75) is 25.7 Å². The van der Waals surface area contributed by atoms with Crippen LogP contribution in [0.3, 0.4) is 0 Å². The molecule has 1 saturated heterocycles. The zero-order valence-corrected chi connectivity index (χ0v) is 14.8. The Morgan fingerprint density at radius 3 is 2.37 bits per heavy atom. The van der Waals surface area contributed by atoms with Gasteiger partial charge in [0.25, 0.3) is 0 Å². The van der Waals surface area contributed by atoms with E-state index in [4.69, 9.17) is 0 Å².